The molecule has 0 saturated carbocycles. The zero-order valence-corrected chi connectivity index (χ0v) is 18.0. The number of hydrogen-bond acceptors (Lipinski definition) is 4. The molecule has 1 heterocycles. The van der Waals surface area contributed by atoms with E-state index in [4.69, 9.17) is 9.47 Å². The first kappa shape index (κ1) is 21.6. The first-order valence-electron chi connectivity index (χ1n) is 10.3. The molecule has 2 aromatic rings. The zero-order valence-electron chi connectivity index (χ0n) is 18.0. The largest absolute Gasteiger partial charge is 0.490 e. The molecule has 2 amide bonds. The van der Waals surface area contributed by atoms with E-state index in [1.165, 1.54) is 0 Å². The molecule has 0 aromatic heterocycles. The van der Waals surface area contributed by atoms with Gasteiger partial charge in [-0.25, -0.2) is 4.99 Å². The lowest BCUT2D eigenvalue weighted by Crippen LogP contribution is -2.38. The standard InChI is InChI=1S/C24H28N2O4/c1-5-29-20-10-9-17(14-21(20)30-6-2)23(27)25-12-11-18-13-19-15(3)7-8-16(4)22(19)26-24(18)28/h7-10,13-14,18H,5-6,11-12H2,1-4H3,(H,25,27). The van der Waals surface area contributed by atoms with Crippen molar-refractivity contribution in [2.75, 3.05) is 19.8 Å². The van der Waals surface area contributed by atoms with Gasteiger partial charge in [0.1, 0.15) is 0 Å². The summed E-state index contributed by atoms with van der Waals surface area (Å²) in [5, 5.41) is 4.66. The van der Waals surface area contributed by atoms with Crippen LogP contribution in [-0.4, -0.2) is 31.6 Å². The van der Waals surface area contributed by atoms with E-state index in [1.54, 1.807) is 18.2 Å². The molecule has 3 rings (SSSR count). The minimum atomic E-state index is -0.336. The number of rotatable bonds is 8. The average molecular weight is 408 g/mol. The average Bonchev–Trinajstić information content (AvgIpc) is 2.73. The lowest BCUT2D eigenvalue weighted by Gasteiger charge is -2.15. The highest BCUT2D eigenvalue weighted by molar-refractivity contribution is 5.95. The van der Waals surface area contributed by atoms with E-state index >= 15 is 0 Å². The monoisotopic (exact) mass is 408 g/mol. The Labute approximate surface area is 176 Å². The number of carbonyl (C=O) groups is 2. The third kappa shape index (κ3) is 4.70. The molecule has 1 N–H and O–H groups in total. The van der Waals surface area contributed by atoms with Crippen molar-refractivity contribution < 1.29 is 19.1 Å². The first-order chi connectivity index (χ1) is 14.4. The number of nitrogens with zero attached hydrogens (tertiary/aromatic N) is 1. The molecule has 0 bridgehead atoms. The van der Waals surface area contributed by atoms with E-state index < -0.39 is 0 Å². The van der Waals surface area contributed by atoms with Crippen LogP contribution in [0.5, 0.6) is 11.5 Å². The van der Waals surface area contributed by atoms with Crippen LogP contribution < -0.4 is 25.4 Å². The van der Waals surface area contributed by atoms with Crippen LogP contribution in [0.1, 0.15) is 41.8 Å². The van der Waals surface area contributed by atoms with Crippen molar-refractivity contribution in [3.63, 3.8) is 0 Å². The number of hydrogen-bond donors (Lipinski definition) is 1. The maximum Gasteiger partial charge on any atom is 0.253 e. The second kappa shape index (κ2) is 9.57. The number of amides is 2. The number of aryl methyl sites for hydroxylation is 2. The number of ether oxygens (including phenoxy) is 2. The van der Waals surface area contributed by atoms with Crippen molar-refractivity contribution in [3.8, 4) is 11.5 Å². The van der Waals surface area contributed by atoms with E-state index in [0.29, 0.717) is 43.2 Å². The molecule has 0 fully saturated rings. The van der Waals surface area contributed by atoms with Gasteiger partial charge in [-0.05, 0) is 63.4 Å². The van der Waals surface area contributed by atoms with Crippen molar-refractivity contribution in [1.29, 1.82) is 0 Å². The summed E-state index contributed by atoms with van der Waals surface area (Å²) in [5.41, 5.74) is 2.58. The van der Waals surface area contributed by atoms with Crippen molar-refractivity contribution in [3.05, 3.63) is 57.6 Å². The predicted molar refractivity (Wildman–Crippen MR) is 115 cm³/mol. The molecule has 0 spiro atoms. The van der Waals surface area contributed by atoms with Gasteiger partial charge in [0.05, 0.1) is 24.5 Å². The number of benzene rings is 2. The summed E-state index contributed by atoms with van der Waals surface area (Å²) in [6, 6.07) is 9.14. The Bertz CT molecular complexity index is 1080. The van der Waals surface area contributed by atoms with Crippen LogP contribution in [0.15, 0.2) is 35.3 Å². The summed E-state index contributed by atoms with van der Waals surface area (Å²) in [4.78, 5) is 29.3. The molecular formula is C24H28N2O4. The SMILES string of the molecule is CCOc1ccc(C(=O)NCCC2C=c3c(C)ccc(C)c3=NC2=O)cc1OCC. The van der Waals surface area contributed by atoms with Crippen LogP contribution in [0.25, 0.3) is 6.08 Å². The van der Waals surface area contributed by atoms with Crippen molar-refractivity contribution >= 4 is 17.9 Å². The molecule has 1 aliphatic heterocycles. The molecule has 6 heteroatoms. The van der Waals surface area contributed by atoms with Gasteiger partial charge in [-0.3, -0.25) is 9.59 Å². The smallest absolute Gasteiger partial charge is 0.253 e. The van der Waals surface area contributed by atoms with Crippen LogP contribution in [0, 0.1) is 19.8 Å². The molecular weight excluding hydrogens is 380 g/mol. The quantitative estimate of drug-likeness (QED) is 0.728. The molecule has 158 valence electrons. The van der Waals surface area contributed by atoms with Crippen LogP contribution in [0.4, 0.5) is 0 Å². The number of nitrogens with one attached hydrogen (secondary N) is 1. The Morgan fingerprint density at radius 1 is 1.03 bits per heavy atom. The summed E-state index contributed by atoms with van der Waals surface area (Å²) in [7, 11) is 0. The first-order valence-corrected chi connectivity index (χ1v) is 10.3. The molecule has 0 aliphatic carbocycles. The zero-order chi connectivity index (χ0) is 21.7. The van der Waals surface area contributed by atoms with Gasteiger partial charge in [0.25, 0.3) is 11.8 Å². The van der Waals surface area contributed by atoms with Crippen LogP contribution in [0.2, 0.25) is 0 Å². The molecule has 1 unspecified atom stereocenters. The topological polar surface area (TPSA) is 77.0 Å². The molecule has 30 heavy (non-hydrogen) atoms. The summed E-state index contributed by atoms with van der Waals surface area (Å²) in [6.07, 6.45) is 2.47. The van der Waals surface area contributed by atoms with Crippen LogP contribution in [0.3, 0.4) is 0 Å². The van der Waals surface area contributed by atoms with Crippen molar-refractivity contribution in [2.45, 2.75) is 34.1 Å². The van der Waals surface area contributed by atoms with E-state index in [-0.39, 0.29) is 17.7 Å². The summed E-state index contributed by atoms with van der Waals surface area (Å²) < 4.78 is 11.1. The van der Waals surface area contributed by atoms with Gasteiger partial charge in [-0.15, -0.1) is 0 Å². The minimum Gasteiger partial charge on any atom is -0.490 e. The van der Waals surface area contributed by atoms with Crippen LogP contribution >= 0.6 is 0 Å². The Balaban J connectivity index is 1.67. The van der Waals surface area contributed by atoms with Gasteiger partial charge < -0.3 is 14.8 Å². The van der Waals surface area contributed by atoms with Crippen molar-refractivity contribution in [2.24, 2.45) is 10.9 Å². The number of carbonyl (C=O) groups excluding carboxylic acids is 2. The molecule has 0 radical (unpaired) electrons. The fourth-order valence-corrected chi connectivity index (χ4v) is 3.48. The second-order valence-electron chi connectivity index (χ2n) is 7.26. The van der Waals surface area contributed by atoms with Gasteiger partial charge in [-0.2, -0.15) is 0 Å². The van der Waals surface area contributed by atoms with E-state index in [2.05, 4.69) is 10.3 Å². The van der Waals surface area contributed by atoms with E-state index in [1.807, 2.05) is 45.9 Å². The van der Waals surface area contributed by atoms with Gasteiger partial charge >= 0.3 is 0 Å². The molecule has 6 nitrogen and oxygen atoms in total. The Hall–Kier alpha value is -3.15. The minimum absolute atomic E-state index is 0.162. The third-order valence-electron chi connectivity index (χ3n) is 5.09. The fourth-order valence-electron chi connectivity index (χ4n) is 3.48. The lowest BCUT2D eigenvalue weighted by molar-refractivity contribution is -0.120. The molecule has 0 saturated heterocycles. The van der Waals surface area contributed by atoms with Crippen molar-refractivity contribution in [1.82, 2.24) is 5.32 Å². The summed E-state index contributed by atoms with van der Waals surface area (Å²) in [5.74, 6) is 0.447. The molecule has 1 aliphatic rings. The third-order valence-corrected chi connectivity index (χ3v) is 5.09. The van der Waals surface area contributed by atoms with Crippen LogP contribution in [-0.2, 0) is 4.79 Å². The fraction of sp³-hybridized carbons (Fsp3) is 0.375. The van der Waals surface area contributed by atoms with Gasteiger partial charge in [-0.1, -0.05) is 18.2 Å². The van der Waals surface area contributed by atoms with Gasteiger partial charge in [0.2, 0.25) is 0 Å². The second-order valence-corrected chi connectivity index (χ2v) is 7.26. The van der Waals surface area contributed by atoms with Gasteiger partial charge in [0.15, 0.2) is 11.5 Å². The van der Waals surface area contributed by atoms with Gasteiger partial charge in [0, 0.05) is 17.3 Å². The Kier molecular flexibility index (Phi) is 6.87. The van der Waals surface area contributed by atoms with E-state index in [9.17, 15) is 9.59 Å². The Morgan fingerprint density at radius 2 is 1.73 bits per heavy atom. The molecule has 2 aromatic carbocycles. The maximum absolute atomic E-state index is 12.6. The highest BCUT2D eigenvalue weighted by atomic mass is 16.5. The summed E-state index contributed by atoms with van der Waals surface area (Å²) in [6.45, 7) is 9.12. The lowest BCUT2D eigenvalue weighted by atomic mass is 9.97. The predicted octanol–water partition coefficient (Wildman–Crippen LogP) is 2.48. The normalized spacial score (nSPS) is 14.9. The highest BCUT2D eigenvalue weighted by Gasteiger charge is 2.20. The Morgan fingerprint density at radius 3 is 2.47 bits per heavy atom. The summed E-state index contributed by atoms with van der Waals surface area (Å²) >= 11 is 0. The van der Waals surface area contributed by atoms with E-state index in [0.717, 1.165) is 21.7 Å². The highest BCUT2D eigenvalue weighted by Crippen LogP contribution is 2.28. The molecule has 1 atom stereocenters. The number of fused-ring (bicyclic) bond motifs is 1. The maximum atomic E-state index is 12.6.